The Hall–Kier alpha value is -3.19. The summed E-state index contributed by atoms with van der Waals surface area (Å²) >= 11 is 5.94. The highest BCUT2D eigenvalue weighted by molar-refractivity contribution is 6.31. The van der Waals surface area contributed by atoms with E-state index in [-0.39, 0.29) is 11.4 Å². The summed E-state index contributed by atoms with van der Waals surface area (Å²) in [4.78, 5) is 20.4. The summed E-state index contributed by atoms with van der Waals surface area (Å²) in [5, 5.41) is 5.92. The third-order valence-electron chi connectivity index (χ3n) is 3.43. The Morgan fingerprint density at radius 1 is 1.12 bits per heavy atom. The van der Waals surface area contributed by atoms with Gasteiger partial charge in [-0.2, -0.15) is 0 Å². The molecule has 0 aliphatic heterocycles. The third-order valence-corrected chi connectivity index (χ3v) is 3.67. The summed E-state index contributed by atoms with van der Waals surface area (Å²) in [6, 6.07) is 11.0. The van der Waals surface area contributed by atoms with Gasteiger partial charge < -0.3 is 15.4 Å². The van der Waals surface area contributed by atoms with Crippen molar-refractivity contribution >= 4 is 34.7 Å². The highest BCUT2D eigenvalue weighted by Crippen LogP contribution is 2.28. The van der Waals surface area contributed by atoms with Gasteiger partial charge in [0.05, 0.1) is 30.9 Å². The Labute approximate surface area is 154 Å². The van der Waals surface area contributed by atoms with Crippen molar-refractivity contribution in [3.8, 4) is 5.75 Å². The van der Waals surface area contributed by atoms with E-state index in [0.29, 0.717) is 22.3 Å². The number of benzene rings is 2. The number of halogens is 2. The first kappa shape index (κ1) is 17.6. The summed E-state index contributed by atoms with van der Waals surface area (Å²) in [5.74, 6) is -0.111. The van der Waals surface area contributed by atoms with E-state index in [2.05, 4.69) is 20.6 Å². The van der Waals surface area contributed by atoms with Gasteiger partial charge in [-0.25, -0.2) is 14.4 Å². The van der Waals surface area contributed by atoms with Gasteiger partial charge in [-0.15, -0.1) is 0 Å². The van der Waals surface area contributed by atoms with E-state index in [1.54, 1.807) is 36.4 Å². The zero-order valence-electron chi connectivity index (χ0n) is 13.7. The average Bonchev–Trinajstić information content (AvgIpc) is 2.64. The zero-order valence-corrected chi connectivity index (χ0v) is 14.4. The zero-order chi connectivity index (χ0) is 18.5. The Bertz CT molecular complexity index is 935. The SMILES string of the molecule is COc1ccc(Cl)cc1NC(=O)c1cnc(Nc2ccccc2F)cn1. The summed E-state index contributed by atoms with van der Waals surface area (Å²) in [6.07, 6.45) is 2.63. The molecule has 132 valence electrons. The predicted octanol–water partition coefficient (Wildman–Crippen LogP) is 4.27. The number of carbonyl (C=O) groups excluding carboxylic acids is 1. The minimum absolute atomic E-state index is 0.0890. The van der Waals surface area contributed by atoms with Crippen molar-refractivity contribution < 1.29 is 13.9 Å². The van der Waals surface area contributed by atoms with Crippen LogP contribution < -0.4 is 15.4 Å². The Morgan fingerprint density at radius 3 is 2.62 bits per heavy atom. The molecule has 2 N–H and O–H groups in total. The number of aromatic nitrogens is 2. The first-order valence-corrected chi connectivity index (χ1v) is 7.93. The van der Waals surface area contributed by atoms with Crippen LogP contribution in [0.15, 0.2) is 54.9 Å². The van der Waals surface area contributed by atoms with Crippen LogP contribution in [0, 0.1) is 5.82 Å². The van der Waals surface area contributed by atoms with Crippen molar-refractivity contribution in [2.75, 3.05) is 17.7 Å². The number of nitrogens with zero attached hydrogens (tertiary/aromatic N) is 2. The van der Waals surface area contributed by atoms with Crippen LogP contribution in [0.25, 0.3) is 0 Å². The maximum absolute atomic E-state index is 13.6. The van der Waals surface area contributed by atoms with Crippen LogP contribution in [-0.4, -0.2) is 23.0 Å². The topological polar surface area (TPSA) is 76.1 Å². The fourth-order valence-electron chi connectivity index (χ4n) is 2.17. The molecular weight excluding hydrogens is 359 g/mol. The van der Waals surface area contributed by atoms with Crippen LogP contribution in [0.2, 0.25) is 5.02 Å². The van der Waals surface area contributed by atoms with E-state index < -0.39 is 11.7 Å². The number of para-hydroxylation sites is 1. The lowest BCUT2D eigenvalue weighted by atomic mass is 10.2. The van der Waals surface area contributed by atoms with Crippen LogP contribution in [0.5, 0.6) is 5.75 Å². The summed E-state index contributed by atoms with van der Waals surface area (Å²) < 4.78 is 18.8. The molecule has 0 bridgehead atoms. The molecule has 0 spiro atoms. The number of anilines is 3. The van der Waals surface area contributed by atoms with E-state index in [4.69, 9.17) is 16.3 Å². The number of rotatable bonds is 5. The molecule has 0 saturated carbocycles. The van der Waals surface area contributed by atoms with Gasteiger partial charge in [0.15, 0.2) is 0 Å². The van der Waals surface area contributed by atoms with Gasteiger partial charge in [-0.1, -0.05) is 23.7 Å². The molecule has 0 aliphatic carbocycles. The van der Waals surface area contributed by atoms with Crippen molar-refractivity contribution in [1.29, 1.82) is 0 Å². The molecule has 0 radical (unpaired) electrons. The monoisotopic (exact) mass is 372 g/mol. The van der Waals surface area contributed by atoms with Gasteiger partial charge in [0.2, 0.25) is 0 Å². The number of nitrogens with one attached hydrogen (secondary N) is 2. The standard InChI is InChI=1S/C18H14ClFN4O2/c1-26-16-7-6-11(19)8-14(16)24-18(25)15-9-22-17(10-21-15)23-13-5-3-2-4-12(13)20/h2-10H,1H3,(H,22,23)(H,24,25). The fraction of sp³-hybridized carbons (Fsp3) is 0.0556. The smallest absolute Gasteiger partial charge is 0.275 e. The molecule has 0 saturated heterocycles. The first-order valence-electron chi connectivity index (χ1n) is 7.55. The van der Waals surface area contributed by atoms with Crippen molar-refractivity contribution in [3.05, 3.63) is 71.4 Å². The summed E-state index contributed by atoms with van der Waals surface area (Å²) in [5.41, 5.74) is 0.772. The van der Waals surface area contributed by atoms with Gasteiger partial charge >= 0.3 is 0 Å². The predicted molar refractivity (Wildman–Crippen MR) is 97.7 cm³/mol. The van der Waals surface area contributed by atoms with Crippen molar-refractivity contribution in [2.24, 2.45) is 0 Å². The van der Waals surface area contributed by atoms with Crippen LogP contribution in [0.3, 0.4) is 0 Å². The quantitative estimate of drug-likeness (QED) is 0.699. The van der Waals surface area contributed by atoms with E-state index >= 15 is 0 Å². The molecule has 8 heteroatoms. The van der Waals surface area contributed by atoms with Gasteiger partial charge in [-0.05, 0) is 30.3 Å². The van der Waals surface area contributed by atoms with Gasteiger partial charge in [0, 0.05) is 5.02 Å². The van der Waals surface area contributed by atoms with Crippen molar-refractivity contribution in [2.45, 2.75) is 0 Å². The maximum Gasteiger partial charge on any atom is 0.275 e. The molecule has 1 aromatic heterocycles. The first-order chi connectivity index (χ1) is 12.6. The minimum atomic E-state index is -0.476. The molecule has 3 aromatic rings. The minimum Gasteiger partial charge on any atom is -0.495 e. The molecule has 2 aromatic carbocycles. The second-order valence-electron chi connectivity index (χ2n) is 5.19. The molecule has 0 unspecified atom stereocenters. The van der Waals surface area contributed by atoms with Crippen molar-refractivity contribution in [1.82, 2.24) is 9.97 Å². The number of hydrogen-bond acceptors (Lipinski definition) is 5. The van der Waals surface area contributed by atoms with E-state index in [1.807, 2.05) is 0 Å². The summed E-state index contributed by atoms with van der Waals surface area (Å²) in [7, 11) is 1.49. The van der Waals surface area contributed by atoms with Gasteiger partial charge in [0.25, 0.3) is 5.91 Å². The highest BCUT2D eigenvalue weighted by Gasteiger charge is 2.12. The molecule has 1 heterocycles. The van der Waals surface area contributed by atoms with E-state index in [9.17, 15) is 9.18 Å². The molecule has 26 heavy (non-hydrogen) atoms. The molecule has 3 rings (SSSR count). The second kappa shape index (κ2) is 7.79. The molecule has 0 atom stereocenters. The van der Waals surface area contributed by atoms with Crippen LogP contribution in [0.1, 0.15) is 10.5 Å². The molecular formula is C18H14ClFN4O2. The van der Waals surface area contributed by atoms with Crippen molar-refractivity contribution in [3.63, 3.8) is 0 Å². The van der Waals surface area contributed by atoms with Crippen LogP contribution >= 0.6 is 11.6 Å². The normalized spacial score (nSPS) is 10.3. The molecule has 0 aliphatic rings. The Kier molecular flexibility index (Phi) is 5.28. The van der Waals surface area contributed by atoms with Gasteiger partial charge in [0.1, 0.15) is 23.1 Å². The number of amides is 1. The maximum atomic E-state index is 13.6. The average molecular weight is 373 g/mol. The van der Waals surface area contributed by atoms with Gasteiger partial charge in [-0.3, -0.25) is 4.79 Å². The second-order valence-corrected chi connectivity index (χ2v) is 5.63. The number of ether oxygens (including phenoxy) is 1. The number of hydrogen-bond donors (Lipinski definition) is 2. The summed E-state index contributed by atoms with van der Waals surface area (Å²) in [6.45, 7) is 0. The third kappa shape index (κ3) is 4.07. The van der Waals surface area contributed by atoms with E-state index in [0.717, 1.165) is 0 Å². The lowest BCUT2D eigenvalue weighted by molar-refractivity contribution is 0.102. The van der Waals surface area contributed by atoms with Crippen LogP contribution in [0.4, 0.5) is 21.6 Å². The highest BCUT2D eigenvalue weighted by atomic mass is 35.5. The number of carbonyl (C=O) groups is 1. The lowest BCUT2D eigenvalue weighted by Gasteiger charge is -2.10. The Balaban J connectivity index is 1.73. The fourth-order valence-corrected chi connectivity index (χ4v) is 2.35. The van der Waals surface area contributed by atoms with Crippen LogP contribution in [-0.2, 0) is 0 Å². The van der Waals surface area contributed by atoms with E-state index in [1.165, 1.54) is 25.6 Å². The molecule has 1 amide bonds. The largest absolute Gasteiger partial charge is 0.495 e. The Morgan fingerprint density at radius 2 is 1.92 bits per heavy atom. The number of methoxy groups -OCH3 is 1. The lowest BCUT2D eigenvalue weighted by Crippen LogP contribution is -2.15. The molecule has 6 nitrogen and oxygen atoms in total. The molecule has 0 fully saturated rings.